The second-order valence-corrected chi connectivity index (χ2v) is 7.65. The summed E-state index contributed by atoms with van der Waals surface area (Å²) in [6.45, 7) is 1.24. The van der Waals surface area contributed by atoms with Gasteiger partial charge in [0, 0.05) is 6.07 Å². The molecule has 6 heteroatoms. The molecule has 3 rings (SSSR count). The standard InChI is InChI=1S/C16H19N2O2S.HI/c1-18(2)13-12-17(15-10-6-7-11-16(15)18)21(19,20)14-8-4-3-5-9-14;/h3-11H,12-13H2,1-2H3;1H/q+1;/p-1. The summed E-state index contributed by atoms with van der Waals surface area (Å²) >= 11 is 0. The van der Waals surface area contributed by atoms with Crippen LogP contribution in [-0.2, 0) is 10.0 Å². The lowest BCUT2D eigenvalue weighted by atomic mass is 10.2. The number of hydrogen-bond donors (Lipinski definition) is 0. The van der Waals surface area contributed by atoms with Crippen LogP contribution in [0.5, 0.6) is 0 Å². The molecule has 118 valence electrons. The van der Waals surface area contributed by atoms with Crippen molar-refractivity contribution in [3.8, 4) is 0 Å². The molecule has 0 bridgehead atoms. The van der Waals surface area contributed by atoms with Gasteiger partial charge >= 0.3 is 0 Å². The lowest BCUT2D eigenvalue weighted by Crippen LogP contribution is -3.00. The quantitative estimate of drug-likeness (QED) is 0.475. The van der Waals surface area contributed by atoms with Gasteiger partial charge in [0.2, 0.25) is 0 Å². The third kappa shape index (κ3) is 2.87. The summed E-state index contributed by atoms with van der Waals surface area (Å²) in [5.74, 6) is 0. The van der Waals surface area contributed by atoms with Crippen LogP contribution in [0.4, 0.5) is 11.4 Å². The van der Waals surface area contributed by atoms with Crippen LogP contribution in [0.3, 0.4) is 0 Å². The summed E-state index contributed by atoms with van der Waals surface area (Å²) < 4.78 is 28.0. The van der Waals surface area contributed by atoms with Gasteiger partial charge < -0.3 is 24.0 Å². The number of quaternary nitrogens is 1. The molecule has 0 N–H and O–H groups in total. The molecule has 0 aliphatic carbocycles. The van der Waals surface area contributed by atoms with Crippen LogP contribution in [0.2, 0.25) is 0 Å². The smallest absolute Gasteiger partial charge is 0.264 e. The second-order valence-electron chi connectivity index (χ2n) is 5.79. The molecule has 0 unspecified atom stereocenters. The number of rotatable bonds is 2. The fraction of sp³-hybridized carbons (Fsp3) is 0.250. The van der Waals surface area contributed by atoms with Crippen LogP contribution in [0.25, 0.3) is 0 Å². The van der Waals surface area contributed by atoms with Crippen molar-refractivity contribution in [2.45, 2.75) is 4.90 Å². The lowest BCUT2D eigenvalue weighted by molar-refractivity contribution is -0.00000677. The first-order valence-corrected chi connectivity index (χ1v) is 8.37. The molecule has 22 heavy (non-hydrogen) atoms. The maximum absolute atomic E-state index is 12.9. The van der Waals surface area contributed by atoms with E-state index in [-0.39, 0.29) is 24.0 Å². The Balaban J connectivity index is 0.00000176. The molecule has 1 aliphatic rings. The van der Waals surface area contributed by atoms with Crippen molar-refractivity contribution >= 4 is 21.4 Å². The number of halogens is 1. The van der Waals surface area contributed by atoms with Crippen molar-refractivity contribution in [3.63, 3.8) is 0 Å². The van der Waals surface area contributed by atoms with Gasteiger partial charge in [-0.1, -0.05) is 30.3 Å². The van der Waals surface area contributed by atoms with Gasteiger partial charge in [0.05, 0.1) is 25.5 Å². The molecule has 0 spiro atoms. The van der Waals surface area contributed by atoms with E-state index in [1.165, 1.54) is 4.31 Å². The Kier molecular flexibility index (Phi) is 4.84. The molecule has 0 aromatic heterocycles. The van der Waals surface area contributed by atoms with E-state index in [9.17, 15) is 8.42 Å². The van der Waals surface area contributed by atoms with Crippen molar-refractivity contribution in [2.24, 2.45) is 0 Å². The number of para-hydroxylation sites is 2. The SMILES string of the molecule is C[N+]1(C)CCN(S(=O)(=O)c2ccccc2)c2ccccc21.[I-]. The molecule has 0 radical (unpaired) electrons. The predicted octanol–water partition coefficient (Wildman–Crippen LogP) is -0.534. The van der Waals surface area contributed by atoms with E-state index in [2.05, 4.69) is 14.1 Å². The average Bonchev–Trinajstić information content (AvgIpc) is 2.48. The largest absolute Gasteiger partial charge is 1.00 e. The van der Waals surface area contributed by atoms with Crippen molar-refractivity contribution < 1.29 is 32.4 Å². The zero-order valence-corrected chi connectivity index (χ0v) is 15.6. The van der Waals surface area contributed by atoms with Gasteiger partial charge in [-0.2, -0.15) is 0 Å². The predicted molar refractivity (Wildman–Crippen MR) is 85.9 cm³/mol. The van der Waals surface area contributed by atoms with Crippen LogP contribution in [0.15, 0.2) is 59.5 Å². The number of likely N-dealkylation sites (N-methyl/N-ethyl adjacent to an activating group) is 1. The van der Waals surface area contributed by atoms with Gasteiger partial charge in [-0.05, 0) is 18.2 Å². The van der Waals surface area contributed by atoms with E-state index < -0.39 is 10.0 Å². The molecule has 2 aromatic carbocycles. The molecule has 4 nitrogen and oxygen atoms in total. The first-order valence-electron chi connectivity index (χ1n) is 6.93. The minimum Gasteiger partial charge on any atom is -1.00 e. The van der Waals surface area contributed by atoms with E-state index in [1.807, 2.05) is 30.3 Å². The van der Waals surface area contributed by atoms with Gasteiger partial charge in [0.1, 0.15) is 12.2 Å². The zero-order chi connectivity index (χ0) is 15.1. The maximum atomic E-state index is 12.9. The van der Waals surface area contributed by atoms with Crippen LogP contribution in [0, 0.1) is 0 Å². The molecule has 0 atom stereocenters. The maximum Gasteiger partial charge on any atom is 0.264 e. The summed E-state index contributed by atoms with van der Waals surface area (Å²) in [5.41, 5.74) is 1.81. The topological polar surface area (TPSA) is 37.4 Å². The van der Waals surface area contributed by atoms with Crippen molar-refractivity contribution in [3.05, 3.63) is 54.6 Å². The molecular formula is C16H19IN2O2S. The second kappa shape index (κ2) is 6.17. The molecule has 0 fully saturated rings. The summed E-state index contributed by atoms with van der Waals surface area (Å²) in [5, 5.41) is 0. The summed E-state index contributed by atoms with van der Waals surface area (Å²) in [4.78, 5) is 0.340. The number of benzene rings is 2. The third-order valence-corrected chi connectivity index (χ3v) is 5.82. The van der Waals surface area contributed by atoms with E-state index in [4.69, 9.17) is 0 Å². The Bertz CT molecular complexity index is 761. The monoisotopic (exact) mass is 430 g/mol. The highest BCUT2D eigenvalue weighted by Gasteiger charge is 2.37. The Labute approximate surface area is 149 Å². The van der Waals surface area contributed by atoms with Gasteiger partial charge in [-0.3, -0.25) is 8.79 Å². The average molecular weight is 430 g/mol. The van der Waals surface area contributed by atoms with E-state index in [0.717, 1.165) is 17.9 Å². The number of anilines is 1. The molecule has 1 aliphatic heterocycles. The summed E-state index contributed by atoms with van der Waals surface area (Å²) in [6.07, 6.45) is 0. The molecule has 1 heterocycles. The highest BCUT2D eigenvalue weighted by Crippen LogP contribution is 2.38. The van der Waals surface area contributed by atoms with E-state index >= 15 is 0 Å². The van der Waals surface area contributed by atoms with Crippen molar-refractivity contribution in [1.82, 2.24) is 4.48 Å². The first-order chi connectivity index (χ1) is 9.93. The first kappa shape index (κ1) is 17.2. The molecule has 0 saturated carbocycles. The Hall–Kier alpha value is -1.12. The summed E-state index contributed by atoms with van der Waals surface area (Å²) in [6, 6.07) is 16.3. The Morgan fingerprint density at radius 3 is 2.23 bits per heavy atom. The van der Waals surface area contributed by atoms with Gasteiger partial charge in [-0.15, -0.1) is 0 Å². The zero-order valence-electron chi connectivity index (χ0n) is 12.6. The third-order valence-electron chi connectivity index (χ3n) is 4.00. The number of hydrogen-bond acceptors (Lipinski definition) is 2. The van der Waals surface area contributed by atoms with Gasteiger partial charge in [0.25, 0.3) is 10.0 Å². The van der Waals surface area contributed by atoms with E-state index in [0.29, 0.717) is 15.9 Å². The Morgan fingerprint density at radius 2 is 1.55 bits per heavy atom. The van der Waals surface area contributed by atoms with Crippen molar-refractivity contribution in [2.75, 3.05) is 31.5 Å². The van der Waals surface area contributed by atoms with Gasteiger partial charge in [-0.25, -0.2) is 8.42 Å². The van der Waals surface area contributed by atoms with Gasteiger partial charge in [0.15, 0.2) is 5.69 Å². The van der Waals surface area contributed by atoms with E-state index in [1.54, 1.807) is 24.3 Å². The normalized spacial score (nSPS) is 16.5. The minimum absolute atomic E-state index is 0. The molecule has 2 aromatic rings. The number of sulfonamides is 1. The number of fused-ring (bicyclic) bond motifs is 1. The Morgan fingerprint density at radius 1 is 0.955 bits per heavy atom. The summed E-state index contributed by atoms with van der Waals surface area (Å²) in [7, 11) is 0.703. The highest BCUT2D eigenvalue weighted by molar-refractivity contribution is 7.92. The van der Waals surface area contributed by atoms with Crippen molar-refractivity contribution in [1.29, 1.82) is 0 Å². The van der Waals surface area contributed by atoms with Crippen LogP contribution < -0.4 is 32.8 Å². The minimum atomic E-state index is -3.50. The molecule has 0 amide bonds. The number of nitrogens with zero attached hydrogens (tertiary/aromatic N) is 2. The fourth-order valence-electron chi connectivity index (χ4n) is 2.74. The lowest BCUT2D eigenvalue weighted by Gasteiger charge is -2.40. The highest BCUT2D eigenvalue weighted by atomic mass is 127. The van der Waals surface area contributed by atoms with Crippen LogP contribution in [0.1, 0.15) is 0 Å². The van der Waals surface area contributed by atoms with Crippen LogP contribution >= 0.6 is 0 Å². The molecule has 0 saturated heterocycles. The molecular weight excluding hydrogens is 411 g/mol. The fourth-order valence-corrected chi connectivity index (χ4v) is 4.23. The van der Waals surface area contributed by atoms with Crippen LogP contribution in [-0.4, -0.2) is 35.6 Å².